The van der Waals surface area contributed by atoms with Gasteiger partial charge in [0.05, 0.1) is 13.2 Å². The topological polar surface area (TPSA) is 44.8 Å². The zero-order valence-corrected chi connectivity index (χ0v) is 15.8. The molecule has 0 atom stereocenters. The Labute approximate surface area is 161 Å². The first-order valence-corrected chi connectivity index (χ1v) is 9.45. The van der Waals surface area contributed by atoms with Gasteiger partial charge in [-0.1, -0.05) is 55.1 Å². The van der Waals surface area contributed by atoms with E-state index in [4.69, 9.17) is 14.2 Å². The smallest absolute Gasteiger partial charge is 0.330 e. The second-order valence-corrected chi connectivity index (χ2v) is 6.11. The van der Waals surface area contributed by atoms with Gasteiger partial charge in [-0.2, -0.15) is 0 Å². The van der Waals surface area contributed by atoms with Crippen molar-refractivity contribution in [2.24, 2.45) is 0 Å². The maximum atomic E-state index is 10.9. The van der Waals surface area contributed by atoms with Crippen LogP contribution in [-0.4, -0.2) is 32.4 Å². The van der Waals surface area contributed by atoms with Gasteiger partial charge in [0.1, 0.15) is 5.75 Å². The van der Waals surface area contributed by atoms with Crippen LogP contribution in [0.5, 0.6) is 5.75 Å². The second-order valence-electron chi connectivity index (χ2n) is 6.11. The highest BCUT2D eigenvalue weighted by Gasteiger charge is 2.05. The van der Waals surface area contributed by atoms with Gasteiger partial charge in [0.25, 0.3) is 0 Å². The fourth-order valence-corrected chi connectivity index (χ4v) is 2.58. The first-order chi connectivity index (χ1) is 13.3. The van der Waals surface area contributed by atoms with Gasteiger partial charge >= 0.3 is 5.97 Å². The third kappa shape index (κ3) is 8.09. The van der Waals surface area contributed by atoms with Crippen molar-refractivity contribution in [3.05, 3.63) is 67.3 Å². The number of ether oxygens (including phenoxy) is 3. The Balaban J connectivity index is 1.55. The molecule has 0 heterocycles. The zero-order valence-electron chi connectivity index (χ0n) is 15.8. The first-order valence-electron chi connectivity index (χ1n) is 9.45. The maximum Gasteiger partial charge on any atom is 0.330 e. The molecule has 4 heteroatoms. The van der Waals surface area contributed by atoms with Crippen LogP contribution in [-0.2, 0) is 14.3 Å². The van der Waals surface area contributed by atoms with Crippen molar-refractivity contribution < 1.29 is 19.0 Å². The molecule has 144 valence electrons. The number of rotatable bonds is 13. The summed E-state index contributed by atoms with van der Waals surface area (Å²) in [5, 5.41) is 0. The van der Waals surface area contributed by atoms with Crippen molar-refractivity contribution in [3.63, 3.8) is 0 Å². The SMILES string of the molecule is C=CC(=O)OCCCCOCCCCOc1ccccc1-c1ccccc1. The molecule has 2 aromatic rings. The Morgan fingerprint density at radius 1 is 0.815 bits per heavy atom. The van der Waals surface area contributed by atoms with Crippen molar-refractivity contribution in [2.45, 2.75) is 25.7 Å². The Bertz CT molecular complexity index is 682. The third-order valence-electron chi connectivity index (χ3n) is 4.01. The molecule has 2 rings (SSSR count). The largest absolute Gasteiger partial charge is 0.493 e. The predicted molar refractivity (Wildman–Crippen MR) is 108 cm³/mol. The van der Waals surface area contributed by atoms with Crippen molar-refractivity contribution in [1.82, 2.24) is 0 Å². The normalized spacial score (nSPS) is 10.4. The molecule has 0 aliphatic carbocycles. The molecule has 27 heavy (non-hydrogen) atoms. The van der Waals surface area contributed by atoms with Crippen LogP contribution in [0, 0.1) is 0 Å². The molecule has 0 N–H and O–H groups in total. The average Bonchev–Trinajstić information content (AvgIpc) is 2.72. The number of hydrogen-bond donors (Lipinski definition) is 0. The van der Waals surface area contributed by atoms with Crippen LogP contribution >= 0.6 is 0 Å². The summed E-state index contributed by atoms with van der Waals surface area (Å²) in [6.45, 7) is 5.85. The van der Waals surface area contributed by atoms with E-state index in [0.29, 0.717) is 19.8 Å². The highest BCUT2D eigenvalue weighted by molar-refractivity contribution is 5.81. The fourth-order valence-electron chi connectivity index (χ4n) is 2.58. The molecule has 0 spiro atoms. The molecule has 0 saturated heterocycles. The van der Waals surface area contributed by atoms with Crippen LogP contribution < -0.4 is 4.74 Å². The van der Waals surface area contributed by atoms with Crippen LogP contribution in [0.4, 0.5) is 0 Å². The molecule has 0 unspecified atom stereocenters. The van der Waals surface area contributed by atoms with Gasteiger partial charge in [-0.15, -0.1) is 0 Å². The molecule has 0 amide bonds. The lowest BCUT2D eigenvalue weighted by Crippen LogP contribution is -2.05. The minimum absolute atomic E-state index is 0.371. The van der Waals surface area contributed by atoms with Gasteiger partial charge < -0.3 is 14.2 Å². The Morgan fingerprint density at radius 2 is 1.44 bits per heavy atom. The van der Waals surface area contributed by atoms with Crippen LogP contribution in [0.15, 0.2) is 67.3 Å². The van der Waals surface area contributed by atoms with E-state index < -0.39 is 0 Å². The molecule has 0 saturated carbocycles. The van der Waals surface area contributed by atoms with E-state index in [9.17, 15) is 4.79 Å². The Kier molecular flexibility index (Phi) is 9.76. The molecule has 0 aromatic heterocycles. The number of carbonyl (C=O) groups is 1. The van der Waals surface area contributed by atoms with Crippen LogP contribution in [0.2, 0.25) is 0 Å². The first kappa shape index (κ1) is 20.7. The summed E-state index contributed by atoms with van der Waals surface area (Å²) in [6, 6.07) is 18.4. The molecule has 0 radical (unpaired) electrons. The van der Waals surface area contributed by atoms with E-state index in [0.717, 1.165) is 49.2 Å². The Hall–Kier alpha value is -2.59. The third-order valence-corrected chi connectivity index (χ3v) is 4.01. The average molecular weight is 368 g/mol. The molecule has 0 aliphatic heterocycles. The van der Waals surface area contributed by atoms with E-state index >= 15 is 0 Å². The summed E-state index contributed by atoms with van der Waals surface area (Å²) >= 11 is 0. The standard InChI is InChI=1S/C23H28O4/c1-2-23(24)27-19-11-9-17-25-16-8-10-18-26-22-15-7-6-14-21(22)20-12-4-3-5-13-20/h2-7,12-15H,1,8-11,16-19H2. The number of para-hydroxylation sites is 1. The summed E-state index contributed by atoms with van der Waals surface area (Å²) in [4.78, 5) is 10.9. The summed E-state index contributed by atoms with van der Waals surface area (Å²) in [6.07, 6.45) is 4.76. The molecule has 0 fully saturated rings. The van der Waals surface area contributed by atoms with Crippen LogP contribution in [0.1, 0.15) is 25.7 Å². The highest BCUT2D eigenvalue weighted by atomic mass is 16.5. The van der Waals surface area contributed by atoms with Gasteiger partial charge in [-0.05, 0) is 37.3 Å². The minimum atomic E-state index is -0.371. The van der Waals surface area contributed by atoms with Crippen molar-refractivity contribution in [2.75, 3.05) is 26.4 Å². The van der Waals surface area contributed by atoms with Gasteiger partial charge in [0.15, 0.2) is 0 Å². The quantitative estimate of drug-likeness (QED) is 0.282. The number of hydrogen-bond acceptors (Lipinski definition) is 4. The zero-order chi connectivity index (χ0) is 19.2. The van der Waals surface area contributed by atoms with E-state index in [1.54, 1.807) is 0 Å². The summed E-state index contributed by atoms with van der Waals surface area (Å²) in [5.41, 5.74) is 2.28. The number of benzene rings is 2. The molecular weight excluding hydrogens is 340 g/mol. The predicted octanol–water partition coefficient (Wildman–Crippen LogP) is 5.04. The maximum absolute atomic E-state index is 10.9. The second kappa shape index (κ2) is 12.7. The lowest BCUT2D eigenvalue weighted by atomic mass is 10.1. The van der Waals surface area contributed by atoms with E-state index in [2.05, 4.69) is 24.8 Å². The molecule has 0 aliphatic rings. The van der Waals surface area contributed by atoms with Gasteiger partial charge in [0, 0.05) is 24.9 Å². The monoisotopic (exact) mass is 368 g/mol. The molecule has 4 nitrogen and oxygen atoms in total. The highest BCUT2D eigenvalue weighted by Crippen LogP contribution is 2.29. The van der Waals surface area contributed by atoms with Crippen molar-refractivity contribution in [3.8, 4) is 16.9 Å². The van der Waals surface area contributed by atoms with Crippen molar-refractivity contribution in [1.29, 1.82) is 0 Å². The molecule has 0 bridgehead atoms. The summed E-state index contributed by atoms with van der Waals surface area (Å²) in [5.74, 6) is 0.545. The van der Waals surface area contributed by atoms with Crippen LogP contribution in [0.3, 0.4) is 0 Å². The number of esters is 1. The lowest BCUT2D eigenvalue weighted by molar-refractivity contribution is -0.137. The van der Waals surface area contributed by atoms with Gasteiger partial charge in [0.2, 0.25) is 0 Å². The van der Waals surface area contributed by atoms with E-state index in [1.807, 2.05) is 36.4 Å². The van der Waals surface area contributed by atoms with Crippen LogP contribution in [0.25, 0.3) is 11.1 Å². The number of carbonyl (C=O) groups excluding carboxylic acids is 1. The molecule has 2 aromatic carbocycles. The van der Waals surface area contributed by atoms with Gasteiger partial charge in [-0.3, -0.25) is 0 Å². The minimum Gasteiger partial charge on any atom is -0.493 e. The summed E-state index contributed by atoms with van der Waals surface area (Å²) in [7, 11) is 0. The van der Waals surface area contributed by atoms with E-state index in [-0.39, 0.29) is 5.97 Å². The van der Waals surface area contributed by atoms with Crippen molar-refractivity contribution >= 4 is 5.97 Å². The summed E-state index contributed by atoms with van der Waals surface area (Å²) < 4.78 is 16.5. The molecular formula is C23H28O4. The van der Waals surface area contributed by atoms with E-state index in [1.165, 1.54) is 6.08 Å². The Morgan fingerprint density at radius 3 is 2.19 bits per heavy atom. The number of unbranched alkanes of at least 4 members (excludes halogenated alkanes) is 2. The fraction of sp³-hybridized carbons (Fsp3) is 0.348. The lowest BCUT2D eigenvalue weighted by Gasteiger charge is -2.11. The van der Waals surface area contributed by atoms with Gasteiger partial charge in [-0.25, -0.2) is 4.79 Å².